The van der Waals surface area contributed by atoms with Crippen LogP contribution in [0.25, 0.3) is 0 Å². The Hall–Kier alpha value is -1.63. The largest absolute Gasteiger partial charge is 0.247 e. The van der Waals surface area contributed by atoms with E-state index in [4.69, 9.17) is 5.26 Å². The van der Waals surface area contributed by atoms with Gasteiger partial charge in [0.2, 0.25) is 0 Å². The summed E-state index contributed by atoms with van der Waals surface area (Å²) in [6.07, 6.45) is 3.33. The van der Waals surface area contributed by atoms with Gasteiger partial charge in [0.25, 0.3) is 0 Å². The average molecular weight is 148 g/mol. The highest BCUT2D eigenvalue weighted by Gasteiger charge is 2.03. The van der Waals surface area contributed by atoms with Gasteiger partial charge in [0, 0.05) is 0 Å². The highest BCUT2D eigenvalue weighted by molar-refractivity contribution is 5.23. The van der Waals surface area contributed by atoms with Crippen molar-refractivity contribution in [3.63, 3.8) is 0 Å². The smallest absolute Gasteiger partial charge is 0.158 e. The summed E-state index contributed by atoms with van der Waals surface area (Å²) >= 11 is 0. The Kier molecular flexibility index (Phi) is 2.39. The normalized spacial score (nSPS) is 9.00. The molecule has 0 saturated carbocycles. The van der Waals surface area contributed by atoms with Gasteiger partial charge in [-0.2, -0.15) is 5.26 Å². The van der Waals surface area contributed by atoms with Gasteiger partial charge in [0.15, 0.2) is 5.69 Å². The van der Waals surface area contributed by atoms with Crippen LogP contribution in [0.3, 0.4) is 0 Å². The molecule has 4 heteroatoms. The number of hydrogen-bond acceptors (Lipinski definition) is 3. The topological polar surface area (TPSA) is 65.4 Å². The highest BCUT2D eigenvalue weighted by Crippen LogP contribution is 2.02. The van der Waals surface area contributed by atoms with E-state index in [1.807, 2.05) is 6.07 Å². The Morgan fingerprint density at radius 3 is 3.18 bits per heavy atom. The molecule has 4 nitrogen and oxygen atoms in total. The summed E-state index contributed by atoms with van der Waals surface area (Å²) in [5.41, 5.74) is 1.17. The molecule has 1 aromatic heterocycles. The maximum Gasteiger partial charge on any atom is 0.158 e. The first kappa shape index (κ1) is 7.48. The molecule has 56 valence electrons. The van der Waals surface area contributed by atoms with Crippen LogP contribution in [-0.2, 0) is 6.42 Å². The number of allylic oxidation sites excluding steroid dienone is 1. The second kappa shape index (κ2) is 3.52. The van der Waals surface area contributed by atoms with E-state index in [1.165, 1.54) is 0 Å². The molecule has 1 heterocycles. The van der Waals surface area contributed by atoms with Crippen molar-refractivity contribution in [2.75, 3.05) is 0 Å². The fraction of sp³-hybridized carbons (Fsp3) is 0.286. The van der Waals surface area contributed by atoms with Crippen LogP contribution in [0.4, 0.5) is 0 Å². The molecule has 0 aliphatic carbocycles. The number of aromatic amines is 1. The monoisotopic (exact) mass is 148 g/mol. The van der Waals surface area contributed by atoms with Crippen LogP contribution in [0.2, 0.25) is 0 Å². The molecule has 0 bridgehead atoms. The van der Waals surface area contributed by atoms with E-state index in [0.717, 1.165) is 12.8 Å². The summed E-state index contributed by atoms with van der Waals surface area (Å²) in [5.74, 6) is 0. The standard InChI is InChI=1S/C7H8N4/c1-2-3-4-6-7(5-8)10-11-9-6/h2H,1,3-4H2,(H,9,10,11). The van der Waals surface area contributed by atoms with Crippen LogP contribution in [-0.4, -0.2) is 15.4 Å². The van der Waals surface area contributed by atoms with E-state index in [1.54, 1.807) is 6.08 Å². The van der Waals surface area contributed by atoms with Crippen LogP contribution in [0.1, 0.15) is 17.8 Å². The lowest BCUT2D eigenvalue weighted by molar-refractivity contribution is 0.884. The molecule has 0 atom stereocenters. The third kappa shape index (κ3) is 1.64. The second-order valence-corrected chi connectivity index (χ2v) is 2.07. The number of nitrogens with one attached hydrogen (secondary N) is 1. The quantitative estimate of drug-likeness (QED) is 0.644. The minimum absolute atomic E-state index is 0.451. The summed E-state index contributed by atoms with van der Waals surface area (Å²) in [6, 6.07) is 1.97. The van der Waals surface area contributed by atoms with Crippen LogP contribution in [0.5, 0.6) is 0 Å². The average Bonchev–Trinajstić information content (AvgIpc) is 2.47. The van der Waals surface area contributed by atoms with Gasteiger partial charge in [-0.3, -0.25) is 0 Å². The van der Waals surface area contributed by atoms with Crippen LogP contribution in [0.15, 0.2) is 12.7 Å². The van der Waals surface area contributed by atoms with E-state index in [0.29, 0.717) is 11.4 Å². The maximum absolute atomic E-state index is 8.52. The molecule has 1 rings (SSSR count). The number of H-pyrrole nitrogens is 1. The first-order chi connectivity index (χ1) is 5.38. The van der Waals surface area contributed by atoms with Crippen molar-refractivity contribution >= 4 is 0 Å². The Bertz CT molecular complexity index is 281. The third-order valence-electron chi connectivity index (χ3n) is 1.32. The van der Waals surface area contributed by atoms with Gasteiger partial charge in [-0.05, 0) is 12.8 Å². The molecule has 0 saturated heterocycles. The van der Waals surface area contributed by atoms with Gasteiger partial charge in [0.05, 0.1) is 0 Å². The molecular weight excluding hydrogens is 140 g/mol. The second-order valence-electron chi connectivity index (χ2n) is 2.07. The summed E-state index contributed by atoms with van der Waals surface area (Å²) < 4.78 is 0. The molecule has 0 unspecified atom stereocenters. The Morgan fingerprint density at radius 2 is 2.55 bits per heavy atom. The van der Waals surface area contributed by atoms with Gasteiger partial charge < -0.3 is 0 Å². The van der Waals surface area contributed by atoms with E-state index in [9.17, 15) is 0 Å². The molecule has 0 radical (unpaired) electrons. The van der Waals surface area contributed by atoms with Gasteiger partial charge in [-0.25, -0.2) is 5.10 Å². The highest BCUT2D eigenvalue weighted by atomic mass is 15.3. The molecule has 0 aliphatic heterocycles. The zero-order valence-electron chi connectivity index (χ0n) is 6.04. The van der Waals surface area contributed by atoms with Crippen molar-refractivity contribution in [1.82, 2.24) is 15.4 Å². The first-order valence-corrected chi connectivity index (χ1v) is 3.29. The van der Waals surface area contributed by atoms with Crippen molar-refractivity contribution < 1.29 is 0 Å². The molecule has 1 aromatic rings. The SMILES string of the molecule is C=CCCc1nn[nH]c1C#N. The van der Waals surface area contributed by atoms with Gasteiger partial charge in [-0.1, -0.05) is 11.3 Å². The number of nitriles is 1. The zero-order chi connectivity index (χ0) is 8.10. The van der Waals surface area contributed by atoms with Crippen molar-refractivity contribution in [3.8, 4) is 6.07 Å². The predicted molar refractivity (Wildman–Crippen MR) is 39.6 cm³/mol. The van der Waals surface area contributed by atoms with Gasteiger partial charge >= 0.3 is 0 Å². The fourth-order valence-electron chi connectivity index (χ4n) is 0.753. The molecule has 0 fully saturated rings. The Balaban J connectivity index is 2.70. The molecule has 1 N–H and O–H groups in total. The Morgan fingerprint density at radius 1 is 1.73 bits per heavy atom. The molecule has 0 aliphatic rings. The number of aryl methyl sites for hydroxylation is 1. The zero-order valence-corrected chi connectivity index (χ0v) is 6.04. The van der Waals surface area contributed by atoms with E-state index < -0.39 is 0 Å². The van der Waals surface area contributed by atoms with E-state index >= 15 is 0 Å². The minimum atomic E-state index is 0.451. The molecule has 0 amide bonds. The van der Waals surface area contributed by atoms with Crippen molar-refractivity contribution in [2.24, 2.45) is 0 Å². The van der Waals surface area contributed by atoms with Crippen molar-refractivity contribution in [1.29, 1.82) is 5.26 Å². The summed E-state index contributed by atoms with van der Waals surface area (Å²) in [7, 11) is 0. The fourth-order valence-corrected chi connectivity index (χ4v) is 0.753. The molecule has 0 spiro atoms. The summed E-state index contributed by atoms with van der Waals surface area (Å²) in [6.45, 7) is 3.57. The lowest BCUT2D eigenvalue weighted by atomic mass is 10.2. The lowest BCUT2D eigenvalue weighted by Gasteiger charge is -1.88. The van der Waals surface area contributed by atoms with Crippen LogP contribution < -0.4 is 0 Å². The van der Waals surface area contributed by atoms with Gasteiger partial charge in [-0.15, -0.1) is 11.7 Å². The molecule has 11 heavy (non-hydrogen) atoms. The number of nitrogens with zero attached hydrogens (tertiary/aromatic N) is 3. The maximum atomic E-state index is 8.52. The van der Waals surface area contributed by atoms with Crippen LogP contribution >= 0.6 is 0 Å². The number of aromatic nitrogens is 3. The number of rotatable bonds is 3. The lowest BCUT2D eigenvalue weighted by Crippen LogP contribution is -1.87. The third-order valence-corrected chi connectivity index (χ3v) is 1.32. The predicted octanol–water partition coefficient (Wildman–Crippen LogP) is 0.795. The molecular formula is C7H8N4. The molecule has 0 aromatic carbocycles. The van der Waals surface area contributed by atoms with E-state index in [2.05, 4.69) is 22.0 Å². The number of hydrogen-bond donors (Lipinski definition) is 1. The van der Waals surface area contributed by atoms with Gasteiger partial charge in [0.1, 0.15) is 11.8 Å². The van der Waals surface area contributed by atoms with Crippen molar-refractivity contribution in [3.05, 3.63) is 24.0 Å². The summed E-state index contributed by atoms with van der Waals surface area (Å²) in [5, 5.41) is 18.3. The van der Waals surface area contributed by atoms with Crippen molar-refractivity contribution in [2.45, 2.75) is 12.8 Å². The van der Waals surface area contributed by atoms with Crippen LogP contribution in [0, 0.1) is 11.3 Å². The minimum Gasteiger partial charge on any atom is -0.247 e. The summed E-state index contributed by atoms with van der Waals surface area (Å²) in [4.78, 5) is 0. The van der Waals surface area contributed by atoms with E-state index in [-0.39, 0.29) is 0 Å². The first-order valence-electron chi connectivity index (χ1n) is 3.29. The Labute approximate surface area is 64.5 Å².